The van der Waals surface area contributed by atoms with Gasteiger partial charge >= 0.3 is 18.4 Å². The standard InChI is InChI=1S/C25H23ClF6N4O2/c1-12(2)15-10-14(6-7-17(15)24(27,28)29)19-34-20(36-22(38)35-19)16-9-13(5-8-18(16)26)11-33-21(37)23(3,4)25(30,31)32/h5-10,12H,11H2,1-4H3,(H,33,37)(H,34,35,36,38). The first-order chi connectivity index (χ1) is 17.4. The Morgan fingerprint density at radius 2 is 1.61 bits per heavy atom. The van der Waals surface area contributed by atoms with Gasteiger partial charge in [-0.2, -0.15) is 36.3 Å². The average Bonchev–Trinajstić information content (AvgIpc) is 2.81. The van der Waals surface area contributed by atoms with Crippen molar-refractivity contribution in [2.45, 2.75) is 52.5 Å². The van der Waals surface area contributed by atoms with E-state index in [-0.39, 0.29) is 39.9 Å². The molecule has 0 fully saturated rings. The predicted molar refractivity (Wildman–Crippen MR) is 128 cm³/mol. The summed E-state index contributed by atoms with van der Waals surface area (Å²) in [5.41, 5.74) is -2.71. The largest absolute Gasteiger partial charge is 0.479 e. The Bertz CT molecular complexity index is 1360. The zero-order valence-corrected chi connectivity index (χ0v) is 21.3. The van der Waals surface area contributed by atoms with Gasteiger partial charge in [-0.3, -0.25) is 4.79 Å². The number of aromatic nitrogens is 3. The van der Waals surface area contributed by atoms with Gasteiger partial charge in [0, 0.05) is 17.7 Å². The highest BCUT2D eigenvalue weighted by Crippen LogP contribution is 2.39. The van der Waals surface area contributed by atoms with Crippen molar-refractivity contribution in [1.82, 2.24) is 20.3 Å². The monoisotopic (exact) mass is 560 g/mol. The van der Waals surface area contributed by atoms with E-state index < -0.39 is 41.2 Å². The molecule has 38 heavy (non-hydrogen) atoms. The average molecular weight is 561 g/mol. The van der Waals surface area contributed by atoms with Gasteiger partial charge in [0.1, 0.15) is 5.41 Å². The van der Waals surface area contributed by atoms with Crippen LogP contribution in [0.5, 0.6) is 6.01 Å². The van der Waals surface area contributed by atoms with Gasteiger partial charge in [0.25, 0.3) is 0 Å². The molecule has 6 nitrogen and oxygen atoms in total. The fourth-order valence-corrected chi connectivity index (χ4v) is 3.64. The molecule has 0 aliphatic heterocycles. The number of benzene rings is 2. The molecule has 2 aromatic carbocycles. The van der Waals surface area contributed by atoms with Gasteiger partial charge in [0.2, 0.25) is 5.91 Å². The summed E-state index contributed by atoms with van der Waals surface area (Å²) in [7, 11) is 0. The predicted octanol–water partition coefficient (Wildman–Crippen LogP) is 6.91. The Labute approximate surface area is 219 Å². The van der Waals surface area contributed by atoms with Crippen molar-refractivity contribution in [1.29, 1.82) is 0 Å². The van der Waals surface area contributed by atoms with Crippen LogP contribution in [0.2, 0.25) is 5.02 Å². The number of halogens is 7. The minimum atomic E-state index is -4.76. The number of alkyl halides is 6. The molecule has 1 amide bonds. The van der Waals surface area contributed by atoms with E-state index in [0.717, 1.165) is 19.9 Å². The summed E-state index contributed by atoms with van der Waals surface area (Å²) in [5.74, 6) is -1.97. The topological polar surface area (TPSA) is 88.0 Å². The van der Waals surface area contributed by atoms with E-state index in [4.69, 9.17) is 11.6 Å². The number of nitrogens with one attached hydrogen (secondary N) is 1. The number of amides is 1. The molecular weight excluding hydrogens is 538 g/mol. The SMILES string of the molecule is CC(C)c1cc(-c2nc(O)nc(-c3cc(CNC(=O)C(C)(C)C(F)(F)F)ccc3Cl)n2)ccc1C(F)(F)F. The fraction of sp³-hybridized carbons (Fsp3) is 0.360. The molecule has 1 heterocycles. The van der Waals surface area contributed by atoms with E-state index >= 15 is 0 Å². The molecule has 0 radical (unpaired) electrons. The van der Waals surface area contributed by atoms with Crippen molar-refractivity contribution >= 4 is 17.5 Å². The quantitative estimate of drug-likeness (QED) is 0.320. The van der Waals surface area contributed by atoms with E-state index in [9.17, 15) is 36.2 Å². The van der Waals surface area contributed by atoms with Crippen LogP contribution in [0.15, 0.2) is 36.4 Å². The normalized spacial score (nSPS) is 12.6. The maximum absolute atomic E-state index is 13.4. The summed E-state index contributed by atoms with van der Waals surface area (Å²) in [6.07, 6.45) is -9.32. The molecular formula is C25H23ClF6N4O2. The van der Waals surface area contributed by atoms with Crippen molar-refractivity contribution in [3.05, 3.63) is 58.1 Å². The first-order valence-corrected chi connectivity index (χ1v) is 11.6. The van der Waals surface area contributed by atoms with E-state index in [1.807, 2.05) is 0 Å². The maximum atomic E-state index is 13.4. The second-order valence-electron chi connectivity index (χ2n) is 9.36. The van der Waals surface area contributed by atoms with Crippen LogP contribution in [0.25, 0.3) is 22.8 Å². The second kappa shape index (κ2) is 10.4. The van der Waals surface area contributed by atoms with E-state index in [1.54, 1.807) is 13.8 Å². The first-order valence-electron chi connectivity index (χ1n) is 11.2. The van der Waals surface area contributed by atoms with Gasteiger partial charge in [0.15, 0.2) is 11.6 Å². The van der Waals surface area contributed by atoms with Gasteiger partial charge in [-0.1, -0.05) is 37.6 Å². The molecule has 0 atom stereocenters. The highest BCUT2D eigenvalue weighted by Gasteiger charge is 2.52. The molecule has 0 spiro atoms. The molecule has 13 heteroatoms. The molecule has 1 aromatic heterocycles. The summed E-state index contributed by atoms with van der Waals surface area (Å²) >= 11 is 6.27. The summed E-state index contributed by atoms with van der Waals surface area (Å²) in [5, 5.41) is 12.5. The maximum Gasteiger partial charge on any atom is 0.416 e. The third-order valence-electron chi connectivity index (χ3n) is 5.86. The number of carbonyl (C=O) groups is 1. The highest BCUT2D eigenvalue weighted by molar-refractivity contribution is 6.33. The smallest absolute Gasteiger partial charge is 0.416 e. The third-order valence-corrected chi connectivity index (χ3v) is 6.19. The number of nitrogens with zero attached hydrogens (tertiary/aromatic N) is 3. The molecule has 0 aliphatic rings. The fourth-order valence-electron chi connectivity index (χ4n) is 3.44. The number of hydrogen-bond acceptors (Lipinski definition) is 5. The van der Waals surface area contributed by atoms with E-state index in [1.165, 1.54) is 30.3 Å². The summed E-state index contributed by atoms with van der Waals surface area (Å²) in [4.78, 5) is 24.0. The van der Waals surface area contributed by atoms with Crippen molar-refractivity contribution in [3.63, 3.8) is 0 Å². The molecule has 0 saturated heterocycles. The highest BCUT2D eigenvalue weighted by atomic mass is 35.5. The van der Waals surface area contributed by atoms with Crippen LogP contribution in [0.3, 0.4) is 0 Å². The number of hydrogen-bond donors (Lipinski definition) is 2. The van der Waals surface area contributed by atoms with Crippen molar-refractivity contribution in [2.75, 3.05) is 0 Å². The molecule has 204 valence electrons. The van der Waals surface area contributed by atoms with E-state index in [2.05, 4.69) is 20.3 Å². The molecule has 0 saturated carbocycles. The number of carbonyl (C=O) groups excluding carboxylic acids is 1. The minimum Gasteiger partial charge on any atom is -0.479 e. The summed E-state index contributed by atoms with van der Waals surface area (Å²) in [6, 6.07) is 6.92. The molecule has 3 aromatic rings. The first kappa shape index (κ1) is 29.2. The van der Waals surface area contributed by atoms with Crippen molar-refractivity contribution in [3.8, 4) is 28.8 Å². The lowest BCUT2D eigenvalue weighted by atomic mass is 9.91. The van der Waals surface area contributed by atoms with E-state index in [0.29, 0.717) is 5.56 Å². The Balaban J connectivity index is 1.98. The zero-order valence-electron chi connectivity index (χ0n) is 20.6. The van der Waals surface area contributed by atoms with Crippen LogP contribution in [0.4, 0.5) is 26.3 Å². The zero-order chi connectivity index (χ0) is 28.6. The van der Waals surface area contributed by atoms with Crippen LogP contribution in [-0.2, 0) is 17.5 Å². The lowest BCUT2D eigenvalue weighted by Gasteiger charge is -2.26. The number of aromatic hydroxyl groups is 1. The lowest BCUT2D eigenvalue weighted by molar-refractivity contribution is -0.211. The van der Waals surface area contributed by atoms with Crippen LogP contribution in [-0.4, -0.2) is 32.1 Å². The molecule has 0 bridgehead atoms. The Morgan fingerprint density at radius 1 is 0.974 bits per heavy atom. The van der Waals surface area contributed by atoms with Gasteiger partial charge < -0.3 is 10.4 Å². The van der Waals surface area contributed by atoms with Gasteiger partial charge in [-0.15, -0.1) is 0 Å². The number of rotatable bonds is 6. The Kier molecular flexibility index (Phi) is 7.97. The summed E-state index contributed by atoms with van der Waals surface area (Å²) < 4.78 is 79.7. The molecule has 3 rings (SSSR count). The van der Waals surface area contributed by atoms with Crippen LogP contribution in [0.1, 0.15) is 50.3 Å². The van der Waals surface area contributed by atoms with Crippen molar-refractivity contribution in [2.24, 2.45) is 5.41 Å². The van der Waals surface area contributed by atoms with Crippen LogP contribution in [0, 0.1) is 5.41 Å². The Morgan fingerprint density at radius 3 is 2.18 bits per heavy atom. The van der Waals surface area contributed by atoms with Crippen LogP contribution < -0.4 is 5.32 Å². The lowest BCUT2D eigenvalue weighted by Crippen LogP contribution is -2.46. The van der Waals surface area contributed by atoms with Crippen molar-refractivity contribution < 1.29 is 36.2 Å². The molecule has 0 unspecified atom stereocenters. The van der Waals surface area contributed by atoms with Crippen LogP contribution >= 0.6 is 11.6 Å². The third kappa shape index (κ3) is 6.17. The van der Waals surface area contributed by atoms with Gasteiger partial charge in [0.05, 0.1) is 10.6 Å². The second-order valence-corrected chi connectivity index (χ2v) is 9.76. The molecule has 2 N–H and O–H groups in total. The molecule has 0 aliphatic carbocycles. The Hall–Kier alpha value is -3.41. The van der Waals surface area contributed by atoms with Gasteiger partial charge in [-0.25, -0.2) is 4.98 Å². The summed E-state index contributed by atoms with van der Waals surface area (Å²) in [6.45, 7) is 4.45. The van der Waals surface area contributed by atoms with Gasteiger partial charge in [-0.05, 0) is 55.2 Å². The minimum absolute atomic E-state index is 0.00834.